The Morgan fingerprint density at radius 2 is 2.05 bits per heavy atom. The number of carbonyl (C=O) groups is 2. The molecule has 0 saturated carbocycles. The van der Waals surface area contributed by atoms with E-state index in [1.807, 2.05) is 24.4 Å². The summed E-state index contributed by atoms with van der Waals surface area (Å²) in [5, 5.41) is 7.46. The molecule has 2 rings (SSSR count). The maximum atomic E-state index is 11.9. The third-order valence-electron chi connectivity index (χ3n) is 2.72. The van der Waals surface area contributed by atoms with Crippen LogP contribution in [-0.4, -0.2) is 11.9 Å². The Bertz CT molecular complexity index is 611. The topological polar surface area (TPSA) is 84.2 Å². The minimum absolute atomic E-state index is 0.0747. The first-order chi connectivity index (χ1) is 9.56. The molecule has 0 spiro atoms. The van der Waals surface area contributed by atoms with Gasteiger partial charge in [-0.2, -0.15) is 0 Å². The smallest absolute Gasteiger partial charge is 0.319 e. The molecule has 1 heterocycles. The molecule has 6 heteroatoms. The standard InChI is InChI=1S/C14H15N3O2S/c1-9(12-6-3-7-20-12)16-14(19)17-11-5-2-4-10(8-11)13(15)18/h2-9H,1H3,(H2,15,18)(H2,16,17,19). The number of thiophene rings is 1. The number of urea groups is 1. The van der Waals surface area contributed by atoms with E-state index in [1.54, 1.807) is 29.5 Å². The second-order valence-corrected chi connectivity index (χ2v) is 5.26. The molecule has 0 radical (unpaired) electrons. The highest BCUT2D eigenvalue weighted by molar-refractivity contribution is 7.10. The first-order valence-electron chi connectivity index (χ1n) is 6.07. The molecule has 1 aromatic heterocycles. The highest BCUT2D eigenvalue weighted by Gasteiger charge is 2.10. The van der Waals surface area contributed by atoms with Crippen molar-refractivity contribution in [1.82, 2.24) is 5.32 Å². The van der Waals surface area contributed by atoms with Gasteiger partial charge in [0.25, 0.3) is 0 Å². The molecule has 0 bridgehead atoms. The lowest BCUT2D eigenvalue weighted by Gasteiger charge is -2.13. The maximum Gasteiger partial charge on any atom is 0.319 e. The zero-order valence-electron chi connectivity index (χ0n) is 10.9. The first-order valence-corrected chi connectivity index (χ1v) is 6.95. The molecule has 104 valence electrons. The molecule has 5 nitrogen and oxygen atoms in total. The van der Waals surface area contributed by atoms with Crippen LogP contribution in [0.15, 0.2) is 41.8 Å². The minimum atomic E-state index is -0.527. The Kier molecular flexibility index (Phi) is 4.37. The number of hydrogen-bond donors (Lipinski definition) is 3. The number of nitrogens with two attached hydrogens (primary N) is 1. The summed E-state index contributed by atoms with van der Waals surface area (Å²) in [5.74, 6) is -0.527. The highest BCUT2D eigenvalue weighted by atomic mass is 32.1. The van der Waals surface area contributed by atoms with Gasteiger partial charge in [0.05, 0.1) is 6.04 Å². The summed E-state index contributed by atoms with van der Waals surface area (Å²) in [7, 11) is 0. The van der Waals surface area contributed by atoms with E-state index >= 15 is 0 Å². The molecule has 20 heavy (non-hydrogen) atoms. The predicted octanol–water partition coefficient (Wildman–Crippen LogP) is 2.73. The van der Waals surface area contributed by atoms with Gasteiger partial charge in [-0.25, -0.2) is 4.79 Å². The van der Waals surface area contributed by atoms with Gasteiger partial charge in [-0.3, -0.25) is 4.79 Å². The molecule has 1 aromatic carbocycles. The number of nitrogens with one attached hydrogen (secondary N) is 2. The molecule has 2 aromatic rings. The van der Waals surface area contributed by atoms with E-state index in [0.717, 1.165) is 4.88 Å². The molecule has 0 aliphatic heterocycles. The van der Waals surface area contributed by atoms with Gasteiger partial charge in [0.2, 0.25) is 5.91 Å². The summed E-state index contributed by atoms with van der Waals surface area (Å²) in [4.78, 5) is 24.0. The lowest BCUT2D eigenvalue weighted by molar-refractivity contribution is 0.100. The van der Waals surface area contributed by atoms with E-state index in [2.05, 4.69) is 10.6 Å². The summed E-state index contributed by atoms with van der Waals surface area (Å²) in [6.07, 6.45) is 0. The van der Waals surface area contributed by atoms with Gasteiger partial charge in [-0.15, -0.1) is 11.3 Å². The number of anilines is 1. The van der Waals surface area contributed by atoms with Crippen molar-refractivity contribution in [2.75, 3.05) is 5.32 Å². The van der Waals surface area contributed by atoms with Crippen LogP contribution in [0.3, 0.4) is 0 Å². The number of hydrogen-bond acceptors (Lipinski definition) is 3. The van der Waals surface area contributed by atoms with Crippen LogP contribution in [0.5, 0.6) is 0 Å². The fourth-order valence-electron chi connectivity index (χ4n) is 1.72. The van der Waals surface area contributed by atoms with E-state index in [0.29, 0.717) is 11.3 Å². The Balaban J connectivity index is 1.98. The van der Waals surface area contributed by atoms with Crippen molar-refractivity contribution in [3.05, 3.63) is 52.2 Å². The number of carbonyl (C=O) groups excluding carboxylic acids is 2. The van der Waals surface area contributed by atoms with E-state index in [9.17, 15) is 9.59 Å². The van der Waals surface area contributed by atoms with E-state index in [4.69, 9.17) is 5.73 Å². The largest absolute Gasteiger partial charge is 0.366 e. The summed E-state index contributed by atoms with van der Waals surface area (Å²) in [6, 6.07) is 10.00. The predicted molar refractivity (Wildman–Crippen MR) is 79.8 cm³/mol. The lowest BCUT2D eigenvalue weighted by atomic mass is 10.2. The normalized spacial score (nSPS) is 11.7. The Labute approximate surface area is 120 Å². The van der Waals surface area contributed by atoms with Crippen LogP contribution < -0.4 is 16.4 Å². The summed E-state index contributed by atoms with van der Waals surface area (Å²) < 4.78 is 0. The van der Waals surface area contributed by atoms with Gasteiger partial charge >= 0.3 is 6.03 Å². The molecule has 1 atom stereocenters. The molecule has 0 saturated heterocycles. The van der Waals surface area contributed by atoms with Crippen LogP contribution >= 0.6 is 11.3 Å². The Morgan fingerprint density at radius 3 is 2.70 bits per heavy atom. The van der Waals surface area contributed by atoms with E-state index in [1.165, 1.54) is 6.07 Å². The fraction of sp³-hybridized carbons (Fsp3) is 0.143. The Hall–Kier alpha value is -2.34. The van der Waals surface area contributed by atoms with Gasteiger partial charge in [-0.1, -0.05) is 12.1 Å². The van der Waals surface area contributed by atoms with Crippen LogP contribution in [0, 0.1) is 0 Å². The quantitative estimate of drug-likeness (QED) is 0.808. The van der Waals surface area contributed by atoms with Crippen molar-refractivity contribution in [3.8, 4) is 0 Å². The number of amides is 3. The second kappa shape index (κ2) is 6.21. The zero-order valence-corrected chi connectivity index (χ0v) is 11.7. The van der Waals surface area contributed by atoms with Crippen molar-refractivity contribution < 1.29 is 9.59 Å². The third-order valence-corrected chi connectivity index (χ3v) is 3.78. The van der Waals surface area contributed by atoms with Crippen molar-refractivity contribution in [2.45, 2.75) is 13.0 Å². The van der Waals surface area contributed by atoms with Crippen molar-refractivity contribution in [3.63, 3.8) is 0 Å². The molecule has 1 unspecified atom stereocenters. The average Bonchev–Trinajstić information content (AvgIpc) is 2.92. The number of rotatable bonds is 4. The first kappa shape index (κ1) is 14.1. The number of benzene rings is 1. The monoisotopic (exact) mass is 289 g/mol. The third kappa shape index (κ3) is 3.58. The van der Waals surface area contributed by atoms with Crippen LogP contribution in [0.2, 0.25) is 0 Å². The molecular weight excluding hydrogens is 274 g/mol. The fourth-order valence-corrected chi connectivity index (χ4v) is 2.46. The van der Waals surface area contributed by atoms with Crippen LogP contribution in [0.4, 0.5) is 10.5 Å². The molecule has 0 aliphatic carbocycles. The maximum absolute atomic E-state index is 11.9. The van der Waals surface area contributed by atoms with Gasteiger partial charge in [0, 0.05) is 16.1 Å². The van der Waals surface area contributed by atoms with E-state index < -0.39 is 5.91 Å². The van der Waals surface area contributed by atoms with Crippen molar-refractivity contribution in [1.29, 1.82) is 0 Å². The van der Waals surface area contributed by atoms with Crippen LogP contribution in [0.1, 0.15) is 28.2 Å². The average molecular weight is 289 g/mol. The second-order valence-electron chi connectivity index (χ2n) is 4.28. The van der Waals surface area contributed by atoms with Crippen molar-refractivity contribution >= 4 is 29.0 Å². The molecule has 0 fully saturated rings. The summed E-state index contributed by atoms with van der Waals surface area (Å²) in [6.45, 7) is 1.91. The van der Waals surface area contributed by atoms with E-state index in [-0.39, 0.29) is 12.1 Å². The summed E-state index contributed by atoms with van der Waals surface area (Å²) in [5.41, 5.74) is 6.07. The van der Waals surface area contributed by atoms with Crippen molar-refractivity contribution in [2.24, 2.45) is 5.73 Å². The summed E-state index contributed by atoms with van der Waals surface area (Å²) >= 11 is 1.58. The highest BCUT2D eigenvalue weighted by Crippen LogP contribution is 2.18. The van der Waals surface area contributed by atoms with Gasteiger partial charge in [0.1, 0.15) is 0 Å². The Morgan fingerprint density at radius 1 is 1.25 bits per heavy atom. The molecular formula is C14H15N3O2S. The van der Waals surface area contributed by atoms with Gasteiger partial charge < -0.3 is 16.4 Å². The molecule has 3 amide bonds. The molecule has 4 N–H and O–H groups in total. The SMILES string of the molecule is CC(NC(=O)Nc1cccc(C(N)=O)c1)c1cccs1. The zero-order chi connectivity index (χ0) is 14.5. The lowest BCUT2D eigenvalue weighted by Crippen LogP contribution is -2.30. The minimum Gasteiger partial charge on any atom is -0.366 e. The molecule has 0 aliphatic rings. The van der Waals surface area contributed by atoms with Crippen LogP contribution in [0.25, 0.3) is 0 Å². The number of primary amides is 1. The van der Waals surface area contributed by atoms with Crippen LogP contribution in [-0.2, 0) is 0 Å². The van der Waals surface area contributed by atoms with Gasteiger partial charge in [-0.05, 0) is 36.6 Å². The van der Waals surface area contributed by atoms with Gasteiger partial charge in [0.15, 0.2) is 0 Å².